The van der Waals surface area contributed by atoms with Crippen molar-refractivity contribution in [3.05, 3.63) is 12.1 Å². The lowest BCUT2D eigenvalue weighted by Crippen LogP contribution is -2.28. The van der Waals surface area contributed by atoms with Crippen LogP contribution < -0.4 is 10.5 Å². The maximum absolute atomic E-state index is 6.08. The predicted molar refractivity (Wildman–Crippen MR) is 72.8 cm³/mol. The molecule has 3 unspecified atom stereocenters. The Bertz CT molecular complexity index is 581. The largest absolute Gasteiger partial charge is 0.488 e. The number of hydrogen-bond acceptors (Lipinski definition) is 5. The molecule has 1 fully saturated rings. The molecular formula is C14H19N3O2. The number of hydrogen-bond donors (Lipinski definition) is 1. The van der Waals surface area contributed by atoms with Gasteiger partial charge in [0, 0.05) is 0 Å². The first-order valence-corrected chi connectivity index (χ1v) is 6.82. The quantitative estimate of drug-likeness (QED) is 0.841. The molecule has 2 N–H and O–H groups in total. The van der Waals surface area contributed by atoms with Crippen molar-refractivity contribution in [2.24, 2.45) is 11.8 Å². The summed E-state index contributed by atoms with van der Waals surface area (Å²) in [6.45, 7) is 4.60. The van der Waals surface area contributed by atoms with Gasteiger partial charge in [-0.1, -0.05) is 13.8 Å². The summed E-state index contributed by atoms with van der Waals surface area (Å²) in [4.78, 5) is 0. The highest BCUT2D eigenvalue weighted by molar-refractivity contribution is 5.90. The zero-order valence-corrected chi connectivity index (χ0v) is 11.3. The van der Waals surface area contributed by atoms with Gasteiger partial charge in [-0.15, -0.1) is 0 Å². The van der Waals surface area contributed by atoms with Crippen LogP contribution in [0.1, 0.15) is 33.1 Å². The highest BCUT2D eigenvalue weighted by Gasteiger charge is 2.26. The standard InChI is InChI=1S/C14H19N3O2/c1-8-3-4-10(7-9(8)2)18-12-6-5-11(15)13-14(12)17-19-16-13/h5-6,8-10H,3-4,7,15H2,1-2H3. The van der Waals surface area contributed by atoms with Crippen molar-refractivity contribution in [3.8, 4) is 5.75 Å². The normalized spacial score (nSPS) is 27.6. The van der Waals surface area contributed by atoms with E-state index in [0.717, 1.165) is 24.5 Å². The number of anilines is 1. The van der Waals surface area contributed by atoms with Crippen LogP contribution in [-0.2, 0) is 0 Å². The van der Waals surface area contributed by atoms with E-state index in [4.69, 9.17) is 15.1 Å². The second kappa shape index (κ2) is 4.72. The number of rotatable bonds is 2. The van der Waals surface area contributed by atoms with Gasteiger partial charge in [0.25, 0.3) is 0 Å². The van der Waals surface area contributed by atoms with Gasteiger partial charge in [-0.05, 0) is 53.5 Å². The minimum Gasteiger partial charge on any atom is -0.488 e. The van der Waals surface area contributed by atoms with Crippen molar-refractivity contribution in [3.63, 3.8) is 0 Å². The molecule has 3 rings (SSSR count). The van der Waals surface area contributed by atoms with Crippen LogP contribution in [0.2, 0.25) is 0 Å². The van der Waals surface area contributed by atoms with Crippen molar-refractivity contribution < 1.29 is 9.37 Å². The summed E-state index contributed by atoms with van der Waals surface area (Å²) < 4.78 is 10.8. The molecule has 1 aromatic carbocycles. The van der Waals surface area contributed by atoms with Crippen LogP contribution >= 0.6 is 0 Å². The van der Waals surface area contributed by atoms with E-state index in [9.17, 15) is 0 Å². The molecule has 2 aromatic rings. The van der Waals surface area contributed by atoms with Gasteiger partial charge in [-0.3, -0.25) is 0 Å². The number of nitrogen functional groups attached to an aromatic ring is 1. The molecule has 0 bridgehead atoms. The second-order valence-electron chi connectivity index (χ2n) is 5.62. The smallest absolute Gasteiger partial charge is 0.179 e. The molecule has 19 heavy (non-hydrogen) atoms. The molecule has 1 heterocycles. The van der Waals surface area contributed by atoms with Gasteiger partial charge in [0.1, 0.15) is 0 Å². The third kappa shape index (κ3) is 2.25. The van der Waals surface area contributed by atoms with Crippen LogP contribution in [0.5, 0.6) is 5.75 Å². The fraction of sp³-hybridized carbons (Fsp3) is 0.571. The zero-order chi connectivity index (χ0) is 13.4. The molecular weight excluding hydrogens is 242 g/mol. The highest BCUT2D eigenvalue weighted by atomic mass is 16.6. The molecule has 1 aliphatic rings. The Kier molecular flexibility index (Phi) is 3.05. The molecule has 0 spiro atoms. The van der Waals surface area contributed by atoms with Crippen LogP contribution in [0.25, 0.3) is 11.0 Å². The fourth-order valence-electron chi connectivity index (χ4n) is 2.74. The molecule has 5 heteroatoms. The summed E-state index contributed by atoms with van der Waals surface area (Å²) in [6.07, 6.45) is 3.62. The Morgan fingerprint density at radius 1 is 1.16 bits per heavy atom. The van der Waals surface area contributed by atoms with Gasteiger partial charge < -0.3 is 10.5 Å². The van der Waals surface area contributed by atoms with E-state index in [1.165, 1.54) is 6.42 Å². The van der Waals surface area contributed by atoms with Crippen molar-refractivity contribution in [2.45, 2.75) is 39.2 Å². The minimum absolute atomic E-state index is 0.245. The van der Waals surface area contributed by atoms with Crippen LogP contribution in [0.15, 0.2) is 16.8 Å². The number of nitrogens with zero attached hydrogens (tertiary/aromatic N) is 2. The molecule has 102 valence electrons. The number of fused-ring (bicyclic) bond motifs is 1. The average Bonchev–Trinajstić information content (AvgIpc) is 2.87. The van der Waals surface area contributed by atoms with Gasteiger partial charge >= 0.3 is 0 Å². The predicted octanol–water partition coefficient (Wildman–Crippen LogP) is 3.01. The van der Waals surface area contributed by atoms with Crippen molar-refractivity contribution >= 4 is 16.7 Å². The Hall–Kier alpha value is -1.78. The monoisotopic (exact) mass is 261 g/mol. The van der Waals surface area contributed by atoms with E-state index >= 15 is 0 Å². The van der Waals surface area contributed by atoms with Crippen LogP contribution in [0, 0.1) is 11.8 Å². The van der Waals surface area contributed by atoms with Crippen molar-refractivity contribution in [1.82, 2.24) is 10.3 Å². The molecule has 0 radical (unpaired) electrons. The maximum Gasteiger partial charge on any atom is 0.179 e. The van der Waals surface area contributed by atoms with E-state index in [-0.39, 0.29) is 6.10 Å². The van der Waals surface area contributed by atoms with Crippen molar-refractivity contribution in [1.29, 1.82) is 0 Å². The Morgan fingerprint density at radius 3 is 2.74 bits per heavy atom. The first-order valence-electron chi connectivity index (χ1n) is 6.82. The minimum atomic E-state index is 0.245. The number of benzene rings is 1. The third-order valence-electron chi connectivity index (χ3n) is 4.25. The average molecular weight is 261 g/mol. The molecule has 0 aliphatic heterocycles. The maximum atomic E-state index is 6.08. The van der Waals surface area contributed by atoms with E-state index in [2.05, 4.69) is 24.2 Å². The van der Waals surface area contributed by atoms with Gasteiger partial charge in [0.2, 0.25) is 0 Å². The zero-order valence-electron chi connectivity index (χ0n) is 11.3. The summed E-state index contributed by atoms with van der Waals surface area (Å²) in [5.74, 6) is 2.19. The summed E-state index contributed by atoms with van der Waals surface area (Å²) in [5.41, 5.74) is 7.58. The fourth-order valence-corrected chi connectivity index (χ4v) is 2.74. The van der Waals surface area contributed by atoms with Crippen LogP contribution in [0.3, 0.4) is 0 Å². The number of nitrogens with two attached hydrogens (primary N) is 1. The Balaban J connectivity index is 1.82. The van der Waals surface area contributed by atoms with Crippen LogP contribution in [-0.4, -0.2) is 16.4 Å². The van der Waals surface area contributed by atoms with E-state index in [1.54, 1.807) is 6.07 Å². The lowest BCUT2D eigenvalue weighted by molar-refractivity contribution is 0.102. The molecule has 1 aliphatic carbocycles. The first-order chi connectivity index (χ1) is 9.15. The Labute approximate surface area is 112 Å². The summed E-state index contributed by atoms with van der Waals surface area (Å²) in [5, 5.41) is 7.70. The van der Waals surface area contributed by atoms with Gasteiger partial charge in [-0.25, -0.2) is 4.63 Å². The molecule has 1 aromatic heterocycles. The SMILES string of the molecule is CC1CCC(Oc2ccc(N)c3nonc23)CC1C. The highest BCUT2D eigenvalue weighted by Crippen LogP contribution is 2.34. The number of aromatic nitrogens is 2. The summed E-state index contributed by atoms with van der Waals surface area (Å²) in [6, 6.07) is 3.64. The molecule has 0 amide bonds. The molecule has 3 atom stereocenters. The lowest BCUT2D eigenvalue weighted by atomic mass is 9.80. The van der Waals surface area contributed by atoms with E-state index in [1.807, 2.05) is 6.07 Å². The third-order valence-corrected chi connectivity index (χ3v) is 4.25. The van der Waals surface area contributed by atoms with E-state index < -0.39 is 0 Å². The molecule has 1 saturated carbocycles. The topological polar surface area (TPSA) is 74.2 Å². The molecule has 0 saturated heterocycles. The van der Waals surface area contributed by atoms with Gasteiger partial charge in [0.15, 0.2) is 16.8 Å². The number of ether oxygens (including phenoxy) is 1. The van der Waals surface area contributed by atoms with Crippen molar-refractivity contribution in [2.75, 3.05) is 5.73 Å². The van der Waals surface area contributed by atoms with Gasteiger partial charge in [0.05, 0.1) is 11.8 Å². The summed E-state index contributed by atoms with van der Waals surface area (Å²) >= 11 is 0. The first kappa shape index (κ1) is 12.3. The van der Waals surface area contributed by atoms with E-state index in [0.29, 0.717) is 22.6 Å². The van der Waals surface area contributed by atoms with Crippen LogP contribution in [0.4, 0.5) is 5.69 Å². The second-order valence-corrected chi connectivity index (χ2v) is 5.62. The Morgan fingerprint density at radius 2 is 1.95 bits per heavy atom. The van der Waals surface area contributed by atoms with Gasteiger partial charge in [-0.2, -0.15) is 0 Å². The summed E-state index contributed by atoms with van der Waals surface area (Å²) in [7, 11) is 0. The lowest BCUT2D eigenvalue weighted by Gasteiger charge is -2.32. The molecule has 5 nitrogen and oxygen atoms in total.